The Morgan fingerprint density at radius 2 is 2.05 bits per heavy atom. The molecule has 0 fully saturated rings. The maximum atomic E-state index is 8.93. The molecular formula is C13H18N6O2. The summed E-state index contributed by atoms with van der Waals surface area (Å²) in [5, 5.41) is 22.5. The van der Waals surface area contributed by atoms with E-state index in [0.29, 0.717) is 22.9 Å². The van der Waals surface area contributed by atoms with Gasteiger partial charge in [0.15, 0.2) is 5.84 Å². The molecule has 8 nitrogen and oxygen atoms in total. The normalized spacial score (nSPS) is 16.8. The van der Waals surface area contributed by atoms with Crippen molar-refractivity contribution in [2.45, 2.75) is 13.3 Å². The van der Waals surface area contributed by atoms with Gasteiger partial charge in [-0.1, -0.05) is 0 Å². The minimum atomic E-state index is -0.869. The fourth-order valence-corrected chi connectivity index (χ4v) is 1.85. The lowest BCUT2D eigenvalue weighted by Crippen LogP contribution is -2.36. The Kier molecular flexibility index (Phi) is 4.63. The molecule has 0 atom stereocenters. The first-order valence-corrected chi connectivity index (χ1v) is 6.40. The van der Waals surface area contributed by atoms with Gasteiger partial charge in [-0.2, -0.15) is 5.10 Å². The van der Waals surface area contributed by atoms with E-state index in [1.165, 1.54) is 5.01 Å². The van der Waals surface area contributed by atoms with E-state index in [-0.39, 0.29) is 19.0 Å². The number of benzene rings is 1. The minimum Gasteiger partial charge on any atom is -0.463 e. The van der Waals surface area contributed by atoms with Crippen LogP contribution in [0.3, 0.4) is 0 Å². The van der Waals surface area contributed by atoms with Gasteiger partial charge in [-0.15, -0.1) is 0 Å². The summed E-state index contributed by atoms with van der Waals surface area (Å²) in [6, 6.07) is 6.87. The third-order valence-corrected chi connectivity index (χ3v) is 2.76. The zero-order chi connectivity index (χ0) is 15.4. The Morgan fingerprint density at radius 3 is 2.62 bits per heavy atom. The van der Waals surface area contributed by atoms with Crippen molar-refractivity contribution in [1.29, 1.82) is 5.41 Å². The van der Waals surface area contributed by atoms with Crippen molar-refractivity contribution < 1.29 is 9.84 Å². The van der Waals surface area contributed by atoms with E-state index < -0.39 is 6.35 Å². The van der Waals surface area contributed by atoms with Crippen LogP contribution in [0.25, 0.3) is 0 Å². The highest BCUT2D eigenvalue weighted by molar-refractivity contribution is 6.69. The van der Waals surface area contributed by atoms with Gasteiger partial charge >= 0.3 is 0 Å². The van der Waals surface area contributed by atoms with E-state index in [0.717, 1.165) is 0 Å². The van der Waals surface area contributed by atoms with Crippen LogP contribution >= 0.6 is 0 Å². The van der Waals surface area contributed by atoms with E-state index in [4.69, 9.17) is 26.7 Å². The summed E-state index contributed by atoms with van der Waals surface area (Å²) in [5.74, 6) is 0.716. The van der Waals surface area contributed by atoms with Crippen LogP contribution in [0.1, 0.15) is 6.92 Å². The summed E-state index contributed by atoms with van der Waals surface area (Å²) in [5.41, 5.74) is 12.4. The van der Waals surface area contributed by atoms with Crippen molar-refractivity contribution in [3.63, 3.8) is 0 Å². The number of β-amino-alcohol motifs (C(OH)–C–C–N with tert-alkyl or cyclic N) is 1. The molecule has 0 saturated heterocycles. The maximum Gasteiger partial charge on any atom is 0.201 e. The first-order valence-electron chi connectivity index (χ1n) is 6.40. The molecule has 0 aromatic heterocycles. The number of hydrogen-bond acceptors (Lipinski definition) is 7. The van der Waals surface area contributed by atoms with Gasteiger partial charge in [0.05, 0.1) is 24.6 Å². The van der Waals surface area contributed by atoms with Crippen molar-refractivity contribution in [3.05, 3.63) is 24.3 Å². The van der Waals surface area contributed by atoms with E-state index in [2.05, 4.69) is 10.1 Å². The highest BCUT2D eigenvalue weighted by Gasteiger charge is 2.25. The Labute approximate surface area is 122 Å². The van der Waals surface area contributed by atoms with Crippen LogP contribution in [-0.4, -0.2) is 46.9 Å². The lowest BCUT2D eigenvalue weighted by Gasteiger charge is -2.11. The molecule has 1 aliphatic heterocycles. The first kappa shape index (κ1) is 15.1. The van der Waals surface area contributed by atoms with Crippen molar-refractivity contribution in [1.82, 2.24) is 5.01 Å². The number of nitrogens with zero attached hydrogens (tertiary/aromatic N) is 3. The van der Waals surface area contributed by atoms with Crippen LogP contribution in [0.5, 0.6) is 5.75 Å². The van der Waals surface area contributed by atoms with Crippen LogP contribution in [0.2, 0.25) is 0 Å². The summed E-state index contributed by atoms with van der Waals surface area (Å²) < 4.78 is 5.14. The first-order chi connectivity index (χ1) is 10.0. The number of nitrogens with two attached hydrogens (primary N) is 2. The summed E-state index contributed by atoms with van der Waals surface area (Å²) >= 11 is 0. The quantitative estimate of drug-likeness (QED) is 0.566. The van der Waals surface area contributed by atoms with Gasteiger partial charge in [0.1, 0.15) is 11.5 Å². The summed E-state index contributed by atoms with van der Waals surface area (Å²) in [4.78, 5) is 4.39. The van der Waals surface area contributed by atoms with Crippen LogP contribution in [0.4, 0.5) is 5.69 Å². The third-order valence-electron chi connectivity index (χ3n) is 2.76. The Morgan fingerprint density at radius 1 is 1.38 bits per heavy atom. The SMILES string of the molecule is CC1=NN(CCO)C(=N)C1=Nc1ccc(OC(N)N)cc1. The summed E-state index contributed by atoms with van der Waals surface area (Å²) in [6.45, 7) is 1.98. The Hall–Kier alpha value is -2.29. The number of aliphatic hydroxyl groups excluding tert-OH is 1. The smallest absolute Gasteiger partial charge is 0.201 e. The van der Waals surface area contributed by atoms with E-state index in [1.807, 2.05) is 0 Å². The number of aliphatic hydroxyl groups is 1. The molecular weight excluding hydrogens is 272 g/mol. The van der Waals surface area contributed by atoms with Gasteiger partial charge in [-0.3, -0.25) is 16.9 Å². The fraction of sp³-hybridized carbons (Fsp3) is 0.308. The standard InChI is InChI=1S/C13H18N6O2/c1-8-11(12(14)19(18-8)6-7-20)17-9-2-4-10(5-3-9)21-13(15)16/h2-5,13-14,20H,6-7,15-16H2,1H3. The lowest BCUT2D eigenvalue weighted by atomic mass is 10.2. The molecule has 0 spiro atoms. The van der Waals surface area contributed by atoms with Crippen molar-refractivity contribution in [2.24, 2.45) is 21.6 Å². The summed E-state index contributed by atoms with van der Waals surface area (Å²) in [7, 11) is 0. The molecule has 1 aliphatic rings. The molecule has 2 rings (SSSR count). The molecule has 21 heavy (non-hydrogen) atoms. The molecule has 1 aromatic carbocycles. The van der Waals surface area contributed by atoms with E-state index in [1.54, 1.807) is 31.2 Å². The van der Waals surface area contributed by atoms with Crippen molar-refractivity contribution in [3.8, 4) is 5.75 Å². The molecule has 0 amide bonds. The Bertz CT molecular complexity index is 579. The Balaban J connectivity index is 2.16. The molecule has 0 unspecified atom stereocenters. The minimum absolute atomic E-state index is 0.0716. The number of nitrogens with one attached hydrogen (secondary N) is 1. The number of hydrazone groups is 1. The monoisotopic (exact) mass is 290 g/mol. The van der Waals surface area contributed by atoms with Crippen molar-refractivity contribution in [2.75, 3.05) is 13.2 Å². The number of aliphatic imine (C=N–C) groups is 1. The van der Waals surface area contributed by atoms with Gasteiger partial charge < -0.3 is 9.84 Å². The average Bonchev–Trinajstić information content (AvgIpc) is 2.68. The molecule has 6 N–H and O–H groups in total. The topological polar surface area (TPSA) is 133 Å². The molecule has 0 aliphatic carbocycles. The maximum absolute atomic E-state index is 8.93. The predicted molar refractivity (Wildman–Crippen MR) is 81.0 cm³/mol. The number of hydrogen-bond donors (Lipinski definition) is 4. The molecule has 1 aromatic rings. The zero-order valence-corrected chi connectivity index (χ0v) is 11.7. The molecule has 8 heteroatoms. The second-order valence-electron chi connectivity index (χ2n) is 4.42. The largest absolute Gasteiger partial charge is 0.463 e. The van der Waals surface area contributed by atoms with Crippen LogP contribution < -0.4 is 16.2 Å². The molecule has 0 saturated carbocycles. The highest BCUT2D eigenvalue weighted by Crippen LogP contribution is 2.20. The second-order valence-corrected chi connectivity index (χ2v) is 4.42. The third kappa shape index (κ3) is 3.63. The predicted octanol–water partition coefficient (Wildman–Crippen LogP) is -0.0000300. The van der Waals surface area contributed by atoms with Crippen LogP contribution in [-0.2, 0) is 0 Å². The zero-order valence-electron chi connectivity index (χ0n) is 11.7. The summed E-state index contributed by atoms with van der Waals surface area (Å²) in [6.07, 6.45) is -0.869. The lowest BCUT2D eigenvalue weighted by molar-refractivity contribution is 0.217. The van der Waals surface area contributed by atoms with Crippen LogP contribution in [0, 0.1) is 5.41 Å². The van der Waals surface area contributed by atoms with Crippen molar-refractivity contribution >= 4 is 22.9 Å². The number of rotatable bonds is 5. The molecule has 112 valence electrons. The molecule has 0 radical (unpaired) electrons. The van der Waals surface area contributed by atoms with Gasteiger partial charge in [0, 0.05) is 0 Å². The van der Waals surface area contributed by atoms with Gasteiger partial charge in [0.2, 0.25) is 6.35 Å². The average molecular weight is 290 g/mol. The van der Waals surface area contributed by atoms with E-state index in [9.17, 15) is 0 Å². The van der Waals surface area contributed by atoms with Gasteiger partial charge in [-0.25, -0.2) is 10.0 Å². The van der Waals surface area contributed by atoms with E-state index >= 15 is 0 Å². The fourth-order valence-electron chi connectivity index (χ4n) is 1.85. The number of ether oxygens (including phenoxy) is 1. The second kappa shape index (κ2) is 6.44. The molecule has 1 heterocycles. The van der Waals surface area contributed by atoms with Gasteiger partial charge in [0.25, 0.3) is 0 Å². The van der Waals surface area contributed by atoms with Gasteiger partial charge in [-0.05, 0) is 31.2 Å². The highest BCUT2D eigenvalue weighted by atomic mass is 16.5. The molecule has 0 bridgehead atoms. The number of amidine groups is 1. The van der Waals surface area contributed by atoms with Crippen LogP contribution in [0.15, 0.2) is 34.4 Å².